The molecule has 146 valence electrons. The summed E-state index contributed by atoms with van der Waals surface area (Å²) in [6, 6.07) is 12.8. The number of anilines is 1. The van der Waals surface area contributed by atoms with Crippen molar-refractivity contribution < 1.29 is 15.3 Å². The smallest absolute Gasteiger partial charge is 0.170 e. The summed E-state index contributed by atoms with van der Waals surface area (Å²) in [5, 5.41) is 46.0. The molecule has 1 aliphatic heterocycles. The lowest BCUT2D eigenvalue weighted by atomic mass is 10.1. The zero-order valence-corrected chi connectivity index (χ0v) is 15.6. The van der Waals surface area contributed by atoms with Crippen molar-refractivity contribution >= 4 is 28.6 Å². The van der Waals surface area contributed by atoms with Gasteiger partial charge in [0.2, 0.25) is 0 Å². The molecule has 0 aromatic heterocycles. The largest absolute Gasteiger partial charge is 0.508 e. The van der Waals surface area contributed by atoms with E-state index in [0.29, 0.717) is 35.7 Å². The molecule has 0 saturated carbocycles. The van der Waals surface area contributed by atoms with Gasteiger partial charge in [-0.15, -0.1) is 0 Å². The van der Waals surface area contributed by atoms with Crippen molar-refractivity contribution in [1.82, 2.24) is 5.01 Å². The molecule has 0 saturated heterocycles. The van der Waals surface area contributed by atoms with Gasteiger partial charge in [-0.3, -0.25) is 5.41 Å². The van der Waals surface area contributed by atoms with Crippen molar-refractivity contribution in [3.63, 3.8) is 0 Å². The minimum atomic E-state index is -0.344. The van der Waals surface area contributed by atoms with E-state index < -0.39 is 0 Å². The summed E-state index contributed by atoms with van der Waals surface area (Å²) in [4.78, 5) is 4.54. The summed E-state index contributed by atoms with van der Waals surface area (Å²) in [7, 11) is 0. The first-order chi connectivity index (χ1) is 13.5. The minimum Gasteiger partial charge on any atom is -0.508 e. The lowest BCUT2D eigenvalue weighted by Gasteiger charge is -2.14. The van der Waals surface area contributed by atoms with E-state index in [2.05, 4.69) is 15.4 Å². The number of aryl methyl sites for hydroxylation is 1. The van der Waals surface area contributed by atoms with E-state index in [1.165, 1.54) is 11.1 Å². The van der Waals surface area contributed by atoms with Crippen LogP contribution in [0.25, 0.3) is 0 Å². The van der Waals surface area contributed by atoms with Crippen LogP contribution in [0.1, 0.15) is 11.1 Å². The van der Waals surface area contributed by atoms with Gasteiger partial charge in [-0.1, -0.05) is 30.3 Å². The van der Waals surface area contributed by atoms with Gasteiger partial charge in [0, 0.05) is 12.6 Å². The van der Waals surface area contributed by atoms with Crippen LogP contribution < -0.4 is 5.32 Å². The number of phenols is 1. The van der Waals surface area contributed by atoms with Gasteiger partial charge in [-0.2, -0.15) is 5.10 Å². The Hall–Kier alpha value is -3.23. The van der Waals surface area contributed by atoms with Crippen molar-refractivity contribution in [2.24, 2.45) is 10.1 Å². The maximum Gasteiger partial charge on any atom is 0.170 e. The molecule has 0 fully saturated rings. The summed E-state index contributed by atoms with van der Waals surface area (Å²) in [5.41, 5.74) is 3.21. The molecule has 2 aromatic carbocycles. The Bertz CT molecular complexity index is 925. The second kappa shape index (κ2) is 8.64. The summed E-state index contributed by atoms with van der Waals surface area (Å²) < 4.78 is 0. The molecule has 0 radical (unpaired) electrons. The molecule has 1 heterocycles. The number of aliphatic hydroxyl groups is 2. The number of aliphatic imine (C=N–C) groups is 1. The first-order valence-electron chi connectivity index (χ1n) is 8.89. The Labute approximate surface area is 163 Å². The topological polar surface area (TPSA) is 125 Å². The van der Waals surface area contributed by atoms with Crippen LogP contribution >= 0.6 is 0 Å². The molecular formula is C20H23N5O3. The molecule has 3 rings (SSSR count). The third-order valence-corrected chi connectivity index (χ3v) is 4.30. The molecular weight excluding hydrogens is 358 g/mol. The van der Waals surface area contributed by atoms with Crippen molar-refractivity contribution in [1.29, 1.82) is 5.41 Å². The Morgan fingerprint density at radius 1 is 1.18 bits per heavy atom. The highest BCUT2D eigenvalue weighted by molar-refractivity contribution is 6.70. The molecule has 2 aromatic rings. The third kappa shape index (κ3) is 4.19. The summed E-state index contributed by atoms with van der Waals surface area (Å²) in [6.07, 6.45) is 0. The highest BCUT2D eigenvalue weighted by Gasteiger charge is 2.28. The van der Waals surface area contributed by atoms with Crippen molar-refractivity contribution in [3.8, 4) is 5.75 Å². The Morgan fingerprint density at radius 2 is 1.93 bits per heavy atom. The number of hydrazone groups is 1. The van der Waals surface area contributed by atoms with E-state index in [0.717, 1.165) is 5.56 Å². The molecule has 1 aliphatic rings. The molecule has 0 spiro atoms. The molecule has 28 heavy (non-hydrogen) atoms. The van der Waals surface area contributed by atoms with E-state index in [9.17, 15) is 10.2 Å². The second-order valence-corrected chi connectivity index (χ2v) is 6.36. The van der Waals surface area contributed by atoms with Crippen molar-refractivity contribution in [2.45, 2.75) is 13.5 Å². The molecule has 0 bridgehead atoms. The van der Waals surface area contributed by atoms with E-state index in [1.54, 1.807) is 13.0 Å². The number of aliphatic hydroxyl groups excluding tert-OH is 2. The van der Waals surface area contributed by atoms with Gasteiger partial charge in [-0.05, 0) is 24.1 Å². The highest BCUT2D eigenvalue weighted by atomic mass is 16.3. The second-order valence-electron chi connectivity index (χ2n) is 6.36. The fraction of sp³-hybridized carbons (Fsp3) is 0.250. The number of rotatable bonds is 7. The minimum absolute atomic E-state index is 0.0747. The van der Waals surface area contributed by atoms with Gasteiger partial charge < -0.3 is 20.6 Å². The highest BCUT2D eigenvalue weighted by Crippen LogP contribution is 2.33. The summed E-state index contributed by atoms with van der Waals surface area (Å²) in [5.74, 6) is 0.194. The molecule has 0 unspecified atom stereocenters. The first-order valence-corrected chi connectivity index (χ1v) is 8.89. The molecule has 8 heteroatoms. The van der Waals surface area contributed by atoms with Gasteiger partial charge in [0.15, 0.2) is 5.84 Å². The van der Waals surface area contributed by atoms with E-state index in [-0.39, 0.29) is 30.5 Å². The maximum absolute atomic E-state index is 9.98. The molecule has 8 nitrogen and oxygen atoms in total. The average molecular weight is 381 g/mol. The van der Waals surface area contributed by atoms with Gasteiger partial charge >= 0.3 is 0 Å². The van der Waals surface area contributed by atoms with Gasteiger partial charge in [-0.25, -0.2) is 10.0 Å². The van der Waals surface area contributed by atoms with E-state index in [1.807, 2.05) is 30.3 Å². The first kappa shape index (κ1) is 19.5. The Kier molecular flexibility index (Phi) is 6.03. The van der Waals surface area contributed by atoms with Gasteiger partial charge in [0.25, 0.3) is 0 Å². The Morgan fingerprint density at radius 3 is 2.61 bits per heavy atom. The monoisotopic (exact) mass is 381 g/mol. The van der Waals surface area contributed by atoms with Crippen molar-refractivity contribution in [3.05, 3.63) is 53.6 Å². The van der Waals surface area contributed by atoms with Crippen LogP contribution in [0.3, 0.4) is 0 Å². The van der Waals surface area contributed by atoms with Crippen LogP contribution in [-0.2, 0) is 6.54 Å². The van der Waals surface area contributed by atoms with Crippen LogP contribution in [0.5, 0.6) is 5.75 Å². The third-order valence-electron chi connectivity index (χ3n) is 4.30. The number of nitrogens with zero attached hydrogens (tertiary/aromatic N) is 3. The predicted molar refractivity (Wildman–Crippen MR) is 110 cm³/mol. The van der Waals surface area contributed by atoms with Crippen LogP contribution in [0.2, 0.25) is 0 Å². The SMILES string of the molecule is Cc1cc(N=C2C(=N)N(Cc3ccccc3)N=C2CO)c(NCCO)cc1O. The number of hydrogen-bond donors (Lipinski definition) is 5. The van der Waals surface area contributed by atoms with Gasteiger partial charge in [0.05, 0.1) is 31.1 Å². The quantitative estimate of drug-likeness (QED) is 0.502. The van der Waals surface area contributed by atoms with Crippen LogP contribution in [0, 0.1) is 12.3 Å². The lowest BCUT2D eigenvalue weighted by Crippen LogP contribution is -2.27. The summed E-state index contributed by atoms with van der Waals surface area (Å²) >= 11 is 0. The van der Waals surface area contributed by atoms with Crippen LogP contribution in [-0.4, -0.2) is 57.3 Å². The number of amidine groups is 1. The molecule has 5 N–H and O–H groups in total. The van der Waals surface area contributed by atoms with Gasteiger partial charge in [0.1, 0.15) is 17.2 Å². The normalized spacial score (nSPS) is 15.2. The standard InChI is InChI=1S/C20H23N5O3/c1-13-9-16(15(10-18(13)28)22-7-8-26)23-19-17(12-27)24-25(20(19)21)11-14-5-3-2-4-6-14/h2-6,9-10,21-22,26-28H,7-8,11-12H2,1H3. The average Bonchev–Trinajstić information content (AvgIpc) is 2.99. The van der Waals surface area contributed by atoms with Crippen LogP contribution in [0.4, 0.5) is 11.4 Å². The van der Waals surface area contributed by atoms with Crippen molar-refractivity contribution in [2.75, 3.05) is 25.1 Å². The Balaban J connectivity index is 1.94. The van der Waals surface area contributed by atoms with Crippen LogP contribution in [0.15, 0.2) is 52.6 Å². The fourth-order valence-corrected chi connectivity index (χ4v) is 2.82. The molecule has 0 atom stereocenters. The number of hydrogen-bond acceptors (Lipinski definition) is 7. The van der Waals surface area contributed by atoms with E-state index in [4.69, 9.17) is 10.5 Å². The number of phenolic OH excluding ortho intramolecular Hbond substituents is 1. The van der Waals surface area contributed by atoms with E-state index >= 15 is 0 Å². The summed E-state index contributed by atoms with van der Waals surface area (Å²) in [6.45, 7) is 2.01. The number of benzene rings is 2. The fourth-order valence-electron chi connectivity index (χ4n) is 2.82. The lowest BCUT2D eigenvalue weighted by molar-refractivity contribution is 0.311. The number of aromatic hydroxyl groups is 1. The molecule has 0 amide bonds. The zero-order valence-electron chi connectivity index (χ0n) is 15.6. The predicted octanol–water partition coefficient (Wildman–Crippen LogP) is 2.02. The maximum atomic E-state index is 9.98. The number of nitrogens with one attached hydrogen (secondary N) is 2. The molecule has 0 aliphatic carbocycles. The zero-order chi connectivity index (χ0) is 20.1.